The van der Waals surface area contributed by atoms with Crippen LogP contribution < -0.4 is 19.5 Å². The van der Waals surface area contributed by atoms with Crippen LogP contribution in [0.2, 0.25) is 0 Å². The molecule has 1 amide bonds. The topological polar surface area (TPSA) is 82.6 Å². The zero-order chi connectivity index (χ0) is 20.2. The number of benzene rings is 2. The first kappa shape index (κ1) is 18.7. The van der Waals surface area contributed by atoms with Gasteiger partial charge < -0.3 is 19.5 Å². The summed E-state index contributed by atoms with van der Waals surface area (Å²) in [7, 11) is 3.09. The molecule has 0 saturated heterocycles. The molecule has 3 aromatic rings. The number of carbonyl (C=O) groups is 1. The number of hydrogen-bond acceptors (Lipinski definition) is 6. The smallest absolute Gasteiger partial charge is 0.255 e. The summed E-state index contributed by atoms with van der Waals surface area (Å²) in [5.41, 5.74) is 3.32. The maximum Gasteiger partial charge on any atom is 0.255 e. The Morgan fingerprint density at radius 2 is 2.07 bits per heavy atom. The maximum atomic E-state index is 12.6. The normalized spacial score (nSPS) is 14.6. The molecule has 1 unspecified atom stereocenters. The number of carbonyl (C=O) groups excluding carboxylic acids is 1. The van der Waals surface area contributed by atoms with Crippen molar-refractivity contribution in [3.05, 3.63) is 66.1 Å². The van der Waals surface area contributed by atoms with Crippen LogP contribution in [0, 0.1) is 0 Å². The van der Waals surface area contributed by atoms with Crippen LogP contribution in [0.25, 0.3) is 11.3 Å². The molecule has 1 atom stereocenters. The molecule has 0 saturated carbocycles. The molecule has 0 bridgehead atoms. The molecule has 1 N–H and O–H groups in total. The van der Waals surface area contributed by atoms with Crippen molar-refractivity contribution in [2.75, 3.05) is 20.8 Å². The first-order valence-corrected chi connectivity index (χ1v) is 9.24. The van der Waals surface area contributed by atoms with Crippen LogP contribution in [0.3, 0.4) is 0 Å². The minimum atomic E-state index is -0.236. The lowest BCUT2D eigenvalue weighted by Gasteiger charge is -2.14. The standard InChI is InChI=1S/C22H21N3O4/c1-27-16-4-6-21(28-2)18(11-16)22(26)25-12-17-10-15-9-14(3-5-20(15)29-17)19-13-23-7-8-24-19/h3-9,11,13,17H,10,12H2,1-2H3,(H,25,26). The molecule has 4 rings (SSSR count). The number of fused-ring (bicyclic) bond motifs is 1. The summed E-state index contributed by atoms with van der Waals surface area (Å²) < 4.78 is 16.5. The monoisotopic (exact) mass is 391 g/mol. The van der Waals surface area contributed by atoms with Crippen molar-refractivity contribution in [1.82, 2.24) is 15.3 Å². The fourth-order valence-electron chi connectivity index (χ4n) is 3.34. The molecule has 7 nitrogen and oxygen atoms in total. The predicted octanol–water partition coefficient (Wildman–Crippen LogP) is 2.89. The van der Waals surface area contributed by atoms with Crippen molar-refractivity contribution < 1.29 is 19.0 Å². The van der Waals surface area contributed by atoms with E-state index in [0.29, 0.717) is 30.0 Å². The minimum absolute atomic E-state index is 0.136. The van der Waals surface area contributed by atoms with E-state index in [1.807, 2.05) is 12.1 Å². The Kier molecular flexibility index (Phi) is 5.29. The van der Waals surface area contributed by atoms with Crippen LogP contribution in [-0.4, -0.2) is 42.7 Å². The Balaban J connectivity index is 1.42. The predicted molar refractivity (Wildman–Crippen MR) is 107 cm³/mol. The minimum Gasteiger partial charge on any atom is -0.497 e. The SMILES string of the molecule is COc1ccc(OC)c(C(=O)NCC2Cc3cc(-c4cnccn4)ccc3O2)c1. The van der Waals surface area contributed by atoms with Crippen molar-refractivity contribution in [1.29, 1.82) is 0 Å². The number of rotatable bonds is 6. The van der Waals surface area contributed by atoms with Gasteiger partial charge in [0.1, 0.15) is 23.4 Å². The van der Waals surface area contributed by atoms with Crippen LogP contribution in [0.4, 0.5) is 0 Å². The van der Waals surface area contributed by atoms with Crippen LogP contribution >= 0.6 is 0 Å². The molecule has 2 heterocycles. The molecule has 0 fully saturated rings. The van der Waals surface area contributed by atoms with Gasteiger partial charge in [0.25, 0.3) is 5.91 Å². The van der Waals surface area contributed by atoms with Crippen molar-refractivity contribution in [3.8, 4) is 28.5 Å². The van der Waals surface area contributed by atoms with E-state index >= 15 is 0 Å². The summed E-state index contributed by atoms with van der Waals surface area (Å²) in [6.07, 6.45) is 5.62. The van der Waals surface area contributed by atoms with E-state index in [1.54, 1.807) is 43.9 Å². The number of nitrogens with one attached hydrogen (secondary N) is 1. The van der Waals surface area contributed by atoms with E-state index in [2.05, 4.69) is 21.4 Å². The Bertz CT molecular complexity index is 1020. The molecule has 0 aliphatic carbocycles. The maximum absolute atomic E-state index is 12.6. The van der Waals surface area contributed by atoms with E-state index in [4.69, 9.17) is 14.2 Å². The Labute approximate surface area is 168 Å². The molecule has 1 aliphatic rings. The van der Waals surface area contributed by atoms with Crippen LogP contribution in [0.5, 0.6) is 17.2 Å². The zero-order valence-corrected chi connectivity index (χ0v) is 16.2. The number of methoxy groups -OCH3 is 2. The molecule has 148 valence electrons. The highest BCUT2D eigenvalue weighted by Crippen LogP contribution is 2.32. The summed E-state index contributed by atoms with van der Waals surface area (Å²) in [5, 5.41) is 2.93. The van der Waals surface area contributed by atoms with Crippen LogP contribution in [0.1, 0.15) is 15.9 Å². The molecule has 29 heavy (non-hydrogen) atoms. The summed E-state index contributed by atoms with van der Waals surface area (Å²) in [6.45, 7) is 0.383. The molecule has 7 heteroatoms. The van der Waals surface area contributed by atoms with Crippen molar-refractivity contribution in [3.63, 3.8) is 0 Å². The Morgan fingerprint density at radius 3 is 2.83 bits per heavy atom. The highest BCUT2D eigenvalue weighted by Gasteiger charge is 2.24. The van der Waals surface area contributed by atoms with E-state index in [0.717, 1.165) is 22.6 Å². The zero-order valence-electron chi connectivity index (χ0n) is 16.2. The van der Waals surface area contributed by atoms with Gasteiger partial charge >= 0.3 is 0 Å². The lowest BCUT2D eigenvalue weighted by Crippen LogP contribution is -2.34. The fraction of sp³-hybridized carbons (Fsp3) is 0.227. The van der Waals surface area contributed by atoms with Crippen molar-refractivity contribution in [2.24, 2.45) is 0 Å². The molecular formula is C22H21N3O4. The van der Waals surface area contributed by atoms with Gasteiger partial charge in [-0.2, -0.15) is 0 Å². The van der Waals surface area contributed by atoms with E-state index in [1.165, 1.54) is 7.11 Å². The number of hydrogen-bond donors (Lipinski definition) is 1. The van der Waals surface area contributed by atoms with Crippen molar-refractivity contribution in [2.45, 2.75) is 12.5 Å². The second-order valence-corrected chi connectivity index (χ2v) is 6.63. The van der Waals surface area contributed by atoms with Gasteiger partial charge in [-0.1, -0.05) is 0 Å². The van der Waals surface area contributed by atoms with Gasteiger partial charge in [-0.3, -0.25) is 14.8 Å². The summed E-state index contributed by atoms with van der Waals surface area (Å²) in [6, 6.07) is 11.1. The highest BCUT2D eigenvalue weighted by atomic mass is 16.5. The lowest BCUT2D eigenvalue weighted by atomic mass is 10.0. The van der Waals surface area contributed by atoms with Gasteiger partial charge in [0.05, 0.1) is 38.2 Å². The number of ether oxygens (including phenoxy) is 3. The molecule has 0 radical (unpaired) electrons. The number of aromatic nitrogens is 2. The van der Waals surface area contributed by atoms with Gasteiger partial charge in [-0.25, -0.2) is 0 Å². The number of amides is 1. The summed E-state index contributed by atoms with van der Waals surface area (Å²) >= 11 is 0. The van der Waals surface area contributed by atoms with E-state index < -0.39 is 0 Å². The first-order valence-electron chi connectivity index (χ1n) is 9.24. The van der Waals surface area contributed by atoms with Gasteiger partial charge in [0.15, 0.2) is 0 Å². The van der Waals surface area contributed by atoms with Gasteiger partial charge in [0, 0.05) is 24.4 Å². The second-order valence-electron chi connectivity index (χ2n) is 6.63. The fourth-order valence-corrected chi connectivity index (χ4v) is 3.34. The van der Waals surface area contributed by atoms with E-state index in [-0.39, 0.29) is 12.0 Å². The highest BCUT2D eigenvalue weighted by molar-refractivity contribution is 5.97. The van der Waals surface area contributed by atoms with Gasteiger partial charge in [0.2, 0.25) is 0 Å². The van der Waals surface area contributed by atoms with Crippen LogP contribution in [0.15, 0.2) is 55.0 Å². The average molecular weight is 391 g/mol. The third-order valence-electron chi connectivity index (χ3n) is 4.80. The number of nitrogens with zero attached hydrogens (tertiary/aromatic N) is 2. The van der Waals surface area contributed by atoms with Gasteiger partial charge in [-0.05, 0) is 42.0 Å². The average Bonchev–Trinajstić information content (AvgIpc) is 3.19. The molecule has 1 aliphatic heterocycles. The molecule has 0 spiro atoms. The molecule has 1 aromatic heterocycles. The quantitative estimate of drug-likeness (QED) is 0.696. The van der Waals surface area contributed by atoms with Crippen LogP contribution in [-0.2, 0) is 6.42 Å². The van der Waals surface area contributed by atoms with E-state index in [9.17, 15) is 4.79 Å². The third-order valence-corrected chi connectivity index (χ3v) is 4.80. The second kappa shape index (κ2) is 8.18. The summed E-state index contributed by atoms with van der Waals surface area (Å²) in [4.78, 5) is 21.1. The Morgan fingerprint density at radius 1 is 1.17 bits per heavy atom. The first-order chi connectivity index (χ1) is 14.2. The van der Waals surface area contributed by atoms with Crippen molar-refractivity contribution >= 4 is 5.91 Å². The largest absolute Gasteiger partial charge is 0.497 e. The van der Waals surface area contributed by atoms with Gasteiger partial charge in [-0.15, -0.1) is 0 Å². The Hall–Kier alpha value is -3.61. The third kappa shape index (κ3) is 3.99. The molecule has 2 aromatic carbocycles. The molecular weight excluding hydrogens is 370 g/mol. The lowest BCUT2D eigenvalue weighted by molar-refractivity contribution is 0.0930. The summed E-state index contributed by atoms with van der Waals surface area (Å²) in [5.74, 6) is 1.68.